The lowest BCUT2D eigenvalue weighted by molar-refractivity contribution is 0.0327. The van der Waals surface area contributed by atoms with Gasteiger partial charge >= 0.3 is 6.09 Å². The Morgan fingerprint density at radius 1 is 1.23 bits per heavy atom. The zero-order valence-corrected chi connectivity index (χ0v) is 13.2. The Kier molecular flexibility index (Phi) is 5.25. The van der Waals surface area contributed by atoms with E-state index in [0.29, 0.717) is 37.2 Å². The summed E-state index contributed by atoms with van der Waals surface area (Å²) < 4.78 is 10.5. The molecule has 120 valence electrons. The Hall–Kier alpha value is -2.24. The molecular formula is C16H22N2O4. The average Bonchev–Trinajstić information content (AvgIpc) is 2.54. The van der Waals surface area contributed by atoms with E-state index in [4.69, 9.17) is 9.47 Å². The van der Waals surface area contributed by atoms with E-state index >= 15 is 0 Å². The molecule has 22 heavy (non-hydrogen) atoms. The zero-order chi connectivity index (χ0) is 16.1. The second-order valence-electron chi connectivity index (χ2n) is 5.50. The Balaban J connectivity index is 1.90. The number of likely N-dealkylation sites (tertiary alicyclic amines) is 1. The molecule has 6 heteroatoms. The standard InChI is InChI=1S/C16H22N2O4/c1-17(2)16(20)22-13-7-9-18(10-8-13)15(19)12-5-4-6-14(11-12)21-3/h4-6,11,13H,7-10H2,1-3H3. The summed E-state index contributed by atoms with van der Waals surface area (Å²) in [4.78, 5) is 27.2. The van der Waals surface area contributed by atoms with E-state index in [1.807, 2.05) is 6.07 Å². The summed E-state index contributed by atoms with van der Waals surface area (Å²) in [5.41, 5.74) is 0.614. The Bertz CT molecular complexity index is 537. The summed E-state index contributed by atoms with van der Waals surface area (Å²) in [6, 6.07) is 7.13. The average molecular weight is 306 g/mol. The van der Waals surface area contributed by atoms with Crippen molar-refractivity contribution >= 4 is 12.0 Å². The third-order valence-electron chi connectivity index (χ3n) is 3.68. The van der Waals surface area contributed by atoms with Crippen LogP contribution in [-0.4, -0.2) is 62.2 Å². The minimum atomic E-state index is -0.336. The van der Waals surface area contributed by atoms with Gasteiger partial charge in [-0.25, -0.2) is 4.79 Å². The molecule has 1 aromatic rings. The lowest BCUT2D eigenvalue weighted by Crippen LogP contribution is -2.42. The number of hydrogen-bond donors (Lipinski definition) is 0. The van der Waals surface area contributed by atoms with Gasteiger partial charge in [-0.15, -0.1) is 0 Å². The Morgan fingerprint density at radius 3 is 2.50 bits per heavy atom. The van der Waals surface area contributed by atoms with Crippen molar-refractivity contribution in [3.05, 3.63) is 29.8 Å². The van der Waals surface area contributed by atoms with Crippen LogP contribution in [0, 0.1) is 0 Å². The molecular weight excluding hydrogens is 284 g/mol. The van der Waals surface area contributed by atoms with Crippen molar-refractivity contribution in [1.29, 1.82) is 0 Å². The number of benzene rings is 1. The largest absolute Gasteiger partial charge is 0.497 e. The Labute approximate surface area is 130 Å². The van der Waals surface area contributed by atoms with Crippen molar-refractivity contribution in [2.45, 2.75) is 18.9 Å². The third-order valence-corrected chi connectivity index (χ3v) is 3.68. The van der Waals surface area contributed by atoms with Crippen molar-refractivity contribution in [3.8, 4) is 5.75 Å². The van der Waals surface area contributed by atoms with Crippen molar-refractivity contribution in [2.75, 3.05) is 34.3 Å². The summed E-state index contributed by atoms with van der Waals surface area (Å²) in [7, 11) is 4.89. The first-order chi connectivity index (χ1) is 10.5. The van der Waals surface area contributed by atoms with E-state index in [2.05, 4.69) is 0 Å². The van der Waals surface area contributed by atoms with E-state index in [1.54, 1.807) is 44.3 Å². The van der Waals surface area contributed by atoms with Gasteiger partial charge in [0.05, 0.1) is 7.11 Å². The molecule has 0 radical (unpaired) electrons. The molecule has 1 aliphatic rings. The molecule has 1 aliphatic heterocycles. The lowest BCUT2D eigenvalue weighted by Gasteiger charge is -2.32. The highest BCUT2D eigenvalue weighted by molar-refractivity contribution is 5.94. The van der Waals surface area contributed by atoms with Crippen LogP contribution >= 0.6 is 0 Å². The van der Waals surface area contributed by atoms with E-state index in [-0.39, 0.29) is 18.1 Å². The fourth-order valence-electron chi connectivity index (χ4n) is 2.36. The molecule has 0 unspecified atom stereocenters. The highest BCUT2D eigenvalue weighted by Crippen LogP contribution is 2.19. The van der Waals surface area contributed by atoms with Crippen LogP contribution in [0.2, 0.25) is 0 Å². The SMILES string of the molecule is COc1cccc(C(=O)N2CCC(OC(=O)N(C)C)CC2)c1. The van der Waals surface area contributed by atoms with Gasteiger partial charge < -0.3 is 19.3 Å². The maximum absolute atomic E-state index is 12.5. The van der Waals surface area contributed by atoms with Crippen molar-refractivity contribution < 1.29 is 19.1 Å². The highest BCUT2D eigenvalue weighted by atomic mass is 16.6. The van der Waals surface area contributed by atoms with Gasteiger partial charge in [-0.3, -0.25) is 4.79 Å². The molecule has 2 amide bonds. The number of carbonyl (C=O) groups is 2. The predicted molar refractivity (Wildman–Crippen MR) is 82.1 cm³/mol. The summed E-state index contributed by atoms with van der Waals surface area (Å²) >= 11 is 0. The minimum absolute atomic E-state index is 0.0173. The number of methoxy groups -OCH3 is 1. The van der Waals surface area contributed by atoms with E-state index in [0.717, 1.165) is 0 Å². The van der Waals surface area contributed by atoms with E-state index < -0.39 is 0 Å². The third kappa shape index (κ3) is 3.90. The molecule has 0 bridgehead atoms. The second-order valence-corrected chi connectivity index (χ2v) is 5.50. The summed E-state index contributed by atoms with van der Waals surface area (Å²) in [5, 5.41) is 0. The molecule has 0 atom stereocenters. The van der Waals surface area contributed by atoms with Crippen LogP contribution < -0.4 is 4.74 Å². The summed E-state index contributed by atoms with van der Waals surface area (Å²) in [6.45, 7) is 1.17. The van der Waals surface area contributed by atoms with Crippen LogP contribution in [0.15, 0.2) is 24.3 Å². The lowest BCUT2D eigenvalue weighted by atomic mass is 10.1. The van der Waals surface area contributed by atoms with Gasteiger partial charge in [-0.2, -0.15) is 0 Å². The number of piperidine rings is 1. The molecule has 2 rings (SSSR count). The molecule has 0 aromatic heterocycles. The van der Waals surface area contributed by atoms with Gasteiger partial charge in [-0.1, -0.05) is 6.07 Å². The number of ether oxygens (including phenoxy) is 2. The van der Waals surface area contributed by atoms with Crippen LogP contribution in [-0.2, 0) is 4.74 Å². The first kappa shape index (κ1) is 16.1. The zero-order valence-electron chi connectivity index (χ0n) is 13.2. The van der Waals surface area contributed by atoms with Crippen molar-refractivity contribution in [2.24, 2.45) is 0 Å². The maximum atomic E-state index is 12.5. The molecule has 1 fully saturated rings. The van der Waals surface area contributed by atoms with Gasteiger partial charge in [0, 0.05) is 45.6 Å². The van der Waals surface area contributed by atoms with Gasteiger partial charge in [0.25, 0.3) is 5.91 Å². The minimum Gasteiger partial charge on any atom is -0.497 e. The quantitative estimate of drug-likeness (QED) is 0.857. The predicted octanol–water partition coefficient (Wildman–Crippen LogP) is 2.00. The first-order valence-electron chi connectivity index (χ1n) is 7.32. The number of hydrogen-bond acceptors (Lipinski definition) is 4. The number of carbonyl (C=O) groups excluding carboxylic acids is 2. The summed E-state index contributed by atoms with van der Waals surface area (Å²) in [6.07, 6.45) is 0.867. The van der Waals surface area contributed by atoms with Gasteiger partial charge in [0.15, 0.2) is 0 Å². The number of amides is 2. The van der Waals surface area contributed by atoms with Crippen LogP contribution in [0.4, 0.5) is 4.79 Å². The second kappa shape index (κ2) is 7.15. The molecule has 1 heterocycles. The normalized spacial score (nSPS) is 15.3. The van der Waals surface area contributed by atoms with Gasteiger partial charge in [-0.05, 0) is 18.2 Å². The smallest absolute Gasteiger partial charge is 0.409 e. The van der Waals surface area contributed by atoms with Crippen LogP contribution in [0.1, 0.15) is 23.2 Å². The topological polar surface area (TPSA) is 59.1 Å². The van der Waals surface area contributed by atoms with Crippen LogP contribution in [0.5, 0.6) is 5.75 Å². The first-order valence-corrected chi connectivity index (χ1v) is 7.32. The molecule has 0 saturated carbocycles. The van der Waals surface area contributed by atoms with E-state index in [1.165, 1.54) is 4.90 Å². The highest BCUT2D eigenvalue weighted by Gasteiger charge is 2.26. The molecule has 6 nitrogen and oxygen atoms in total. The molecule has 1 saturated heterocycles. The summed E-state index contributed by atoms with van der Waals surface area (Å²) in [5.74, 6) is 0.650. The van der Waals surface area contributed by atoms with Crippen molar-refractivity contribution in [1.82, 2.24) is 9.80 Å². The van der Waals surface area contributed by atoms with Crippen molar-refractivity contribution in [3.63, 3.8) is 0 Å². The Morgan fingerprint density at radius 2 is 1.91 bits per heavy atom. The fourth-order valence-corrected chi connectivity index (χ4v) is 2.36. The molecule has 1 aromatic carbocycles. The van der Waals surface area contributed by atoms with Gasteiger partial charge in [0.2, 0.25) is 0 Å². The molecule has 0 spiro atoms. The molecule has 0 aliphatic carbocycles. The van der Waals surface area contributed by atoms with Crippen LogP contribution in [0.3, 0.4) is 0 Å². The maximum Gasteiger partial charge on any atom is 0.409 e. The molecule has 0 N–H and O–H groups in total. The van der Waals surface area contributed by atoms with Gasteiger partial charge in [0.1, 0.15) is 11.9 Å². The fraction of sp³-hybridized carbons (Fsp3) is 0.500. The van der Waals surface area contributed by atoms with Crippen LogP contribution in [0.25, 0.3) is 0 Å². The monoisotopic (exact) mass is 306 g/mol. The van der Waals surface area contributed by atoms with E-state index in [9.17, 15) is 9.59 Å². The number of rotatable bonds is 3. The number of nitrogens with zero attached hydrogens (tertiary/aromatic N) is 2.